The summed E-state index contributed by atoms with van der Waals surface area (Å²) in [6.07, 6.45) is 1.01. The van der Waals surface area contributed by atoms with Crippen LogP contribution in [0.3, 0.4) is 0 Å². The van der Waals surface area contributed by atoms with E-state index in [9.17, 15) is 4.79 Å². The maximum absolute atomic E-state index is 10.5. The van der Waals surface area contributed by atoms with E-state index < -0.39 is 5.97 Å². The predicted octanol–water partition coefficient (Wildman–Crippen LogP) is 1.69. The minimum Gasteiger partial charge on any atom is -0.497 e. The molecule has 1 aromatic carbocycles. The van der Waals surface area contributed by atoms with E-state index in [4.69, 9.17) is 9.84 Å². The lowest BCUT2D eigenvalue weighted by atomic mass is 10.1. The number of ether oxygens (including phenoxy) is 1. The molecule has 0 aromatic heterocycles. The molecule has 0 spiro atoms. The van der Waals surface area contributed by atoms with Crippen molar-refractivity contribution in [3.63, 3.8) is 0 Å². The van der Waals surface area contributed by atoms with Gasteiger partial charge < -0.3 is 15.2 Å². The van der Waals surface area contributed by atoms with Gasteiger partial charge in [-0.25, -0.2) is 0 Å². The molecule has 0 fully saturated rings. The molecule has 1 unspecified atom stereocenters. The minimum absolute atomic E-state index is 0.00175. The van der Waals surface area contributed by atoms with Gasteiger partial charge in [0.1, 0.15) is 5.75 Å². The first-order chi connectivity index (χ1) is 8.11. The Hall–Kier alpha value is -1.55. The first-order valence-electron chi connectivity index (χ1n) is 5.70. The van der Waals surface area contributed by atoms with Gasteiger partial charge in [-0.2, -0.15) is 0 Å². The number of benzene rings is 1. The van der Waals surface area contributed by atoms with Crippen LogP contribution in [-0.2, 0) is 11.2 Å². The van der Waals surface area contributed by atoms with E-state index in [0.717, 1.165) is 18.7 Å². The van der Waals surface area contributed by atoms with Crippen molar-refractivity contribution in [1.29, 1.82) is 0 Å². The van der Waals surface area contributed by atoms with E-state index >= 15 is 0 Å². The molecule has 4 heteroatoms. The molecule has 1 atom stereocenters. The van der Waals surface area contributed by atoms with Gasteiger partial charge in [0.15, 0.2) is 0 Å². The van der Waals surface area contributed by atoms with Crippen molar-refractivity contribution < 1.29 is 14.6 Å². The van der Waals surface area contributed by atoms with E-state index in [0.29, 0.717) is 0 Å². The summed E-state index contributed by atoms with van der Waals surface area (Å²) in [6.45, 7) is 2.64. The second-order valence-electron chi connectivity index (χ2n) is 4.05. The summed E-state index contributed by atoms with van der Waals surface area (Å²) < 4.78 is 5.14. The van der Waals surface area contributed by atoms with Crippen molar-refractivity contribution in [3.05, 3.63) is 29.8 Å². The lowest BCUT2D eigenvalue weighted by molar-refractivity contribution is -0.137. The Balaban J connectivity index is 2.32. The quantitative estimate of drug-likeness (QED) is 0.757. The van der Waals surface area contributed by atoms with Gasteiger partial charge in [0.05, 0.1) is 13.5 Å². The van der Waals surface area contributed by atoms with E-state index in [1.807, 2.05) is 31.2 Å². The maximum Gasteiger partial charge on any atom is 0.304 e. The fourth-order valence-corrected chi connectivity index (χ4v) is 1.62. The number of rotatable bonds is 7. The Morgan fingerprint density at radius 1 is 1.53 bits per heavy atom. The Kier molecular flexibility index (Phi) is 5.49. The van der Waals surface area contributed by atoms with Crippen molar-refractivity contribution in [2.24, 2.45) is 0 Å². The number of nitrogens with one attached hydrogen (secondary N) is 1. The van der Waals surface area contributed by atoms with Crippen molar-refractivity contribution in [3.8, 4) is 5.75 Å². The van der Waals surface area contributed by atoms with Gasteiger partial charge in [0, 0.05) is 6.04 Å². The van der Waals surface area contributed by atoms with Crippen LogP contribution in [0.2, 0.25) is 0 Å². The molecule has 0 saturated heterocycles. The zero-order chi connectivity index (χ0) is 12.7. The highest BCUT2D eigenvalue weighted by Crippen LogP contribution is 2.12. The van der Waals surface area contributed by atoms with Gasteiger partial charge in [0.2, 0.25) is 0 Å². The first-order valence-corrected chi connectivity index (χ1v) is 5.70. The van der Waals surface area contributed by atoms with Gasteiger partial charge >= 0.3 is 5.97 Å². The third kappa shape index (κ3) is 5.36. The van der Waals surface area contributed by atoms with Crippen molar-refractivity contribution in [2.45, 2.75) is 25.8 Å². The largest absolute Gasteiger partial charge is 0.497 e. The number of carboxylic acid groups (broad SMARTS) is 1. The van der Waals surface area contributed by atoms with Crippen LogP contribution in [0.15, 0.2) is 24.3 Å². The fraction of sp³-hybridized carbons (Fsp3) is 0.462. The molecule has 1 rings (SSSR count). The third-order valence-corrected chi connectivity index (χ3v) is 2.52. The Labute approximate surface area is 102 Å². The molecule has 94 valence electrons. The highest BCUT2D eigenvalue weighted by molar-refractivity contribution is 5.67. The van der Waals surface area contributed by atoms with Crippen LogP contribution < -0.4 is 10.1 Å². The fourth-order valence-electron chi connectivity index (χ4n) is 1.62. The van der Waals surface area contributed by atoms with Crippen molar-refractivity contribution in [1.82, 2.24) is 5.32 Å². The van der Waals surface area contributed by atoms with E-state index in [2.05, 4.69) is 5.32 Å². The normalized spacial score (nSPS) is 12.1. The summed E-state index contributed by atoms with van der Waals surface area (Å²) in [5.41, 5.74) is 1.18. The van der Waals surface area contributed by atoms with Gasteiger partial charge in [0.25, 0.3) is 0 Å². The zero-order valence-corrected chi connectivity index (χ0v) is 10.3. The molecule has 0 aliphatic heterocycles. The molecular formula is C13H19NO3. The lowest BCUT2D eigenvalue weighted by Gasteiger charge is -2.11. The van der Waals surface area contributed by atoms with E-state index in [-0.39, 0.29) is 12.5 Å². The van der Waals surface area contributed by atoms with Crippen LogP contribution in [0.1, 0.15) is 18.9 Å². The van der Waals surface area contributed by atoms with Crippen LogP contribution in [-0.4, -0.2) is 30.8 Å². The Morgan fingerprint density at radius 3 is 2.94 bits per heavy atom. The molecule has 0 bridgehead atoms. The molecule has 1 aromatic rings. The molecule has 2 N–H and O–H groups in total. The number of carboxylic acids is 1. The average Bonchev–Trinajstić information content (AvgIpc) is 2.28. The number of hydrogen-bond donors (Lipinski definition) is 2. The summed E-state index contributed by atoms with van der Waals surface area (Å²) in [5, 5.41) is 11.8. The monoisotopic (exact) mass is 237 g/mol. The standard InChI is InChI=1S/C13H19NO3/c1-10(8-13(15)16)14-7-6-11-4-3-5-12(9-11)17-2/h3-5,9-10,14H,6-8H2,1-2H3,(H,15,16). The highest BCUT2D eigenvalue weighted by atomic mass is 16.5. The topological polar surface area (TPSA) is 58.6 Å². The van der Waals surface area contributed by atoms with Gasteiger partial charge in [-0.3, -0.25) is 4.79 Å². The maximum atomic E-state index is 10.5. The van der Waals surface area contributed by atoms with Crippen LogP contribution in [0.5, 0.6) is 5.75 Å². The van der Waals surface area contributed by atoms with Crippen LogP contribution in [0.25, 0.3) is 0 Å². The van der Waals surface area contributed by atoms with Gasteiger partial charge in [-0.1, -0.05) is 12.1 Å². The summed E-state index contributed by atoms with van der Waals surface area (Å²) in [7, 11) is 1.65. The number of carbonyl (C=O) groups is 1. The third-order valence-electron chi connectivity index (χ3n) is 2.52. The van der Waals surface area contributed by atoms with Crippen LogP contribution >= 0.6 is 0 Å². The first kappa shape index (κ1) is 13.5. The minimum atomic E-state index is -0.772. The van der Waals surface area contributed by atoms with Crippen LogP contribution in [0.4, 0.5) is 0 Å². The van der Waals surface area contributed by atoms with Gasteiger partial charge in [-0.15, -0.1) is 0 Å². The molecule has 0 heterocycles. The number of hydrogen-bond acceptors (Lipinski definition) is 3. The smallest absolute Gasteiger partial charge is 0.304 e. The summed E-state index contributed by atoms with van der Waals surface area (Å²) in [5.74, 6) is 0.0764. The molecule has 0 aliphatic rings. The van der Waals surface area contributed by atoms with Crippen LogP contribution in [0, 0.1) is 0 Å². The number of methoxy groups -OCH3 is 1. The lowest BCUT2D eigenvalue weighted by Crippen LogP contribution is -2.30. The molecule has 0 amide bonds. The molecule has 0 aliphatic carbocycles. The second kappa shape index (κ2) is 6.91. The number of aliphatic carboxylic acids is 1. The average molecular weight is 237 g/mol. The Bertz CT molecular complexity index is 365. The molecule has 0 radical (unpaired) electrons. The summed E-state index contributed by atoms with van der Waals surface area (Å²) in [4.78, 5) is 10.5. The summed E-state index contributed by atoms with van der Waals surface area (Å²) in [6, 6.07) is 7.88. The predicted molar refractivity (Wildman–Crippen MR) is 66.4 cm³/mol. The molecular weight excluding hydrogens is 218 g/mol. The molecule has 0 saturated carbocycles. The van der Waals surface area contributed by atoms with Crippen molar-refractivity contribution >= 4 is 5.97 Å². The zero-order valence-electron chi connectivity index (χ0n) is 10.3. The molecule has 17 heavy (non-hydrogen) atoms. The van der Waals surface area contributed by atoms with E-state index in [1.165, 1.54) is 5.56 Å². The summed E-state index contributed by atoms with van der Waals surface area (Å²) >= 11 is 0. The van der Waals surface area contributed by atoms with Gasteiger partial charge in [-0.05, 0) is 37.6 Å². The second-order valence-corrected chi connectivity index (χ2v) is 4.05. The highest BCUT2D eigenvalue weighted by Gasteiger charge is 2.06. The SMILES string of the molecule is COc1cccc(CCNC(C)CC(=O)O)c1. The van der Waals surface area contributed by atoms with Crippen molar-refractivity contribution in [2.75, 3.05) is 13.7 Å². The van der Waals surface area contributed by atoms with E-state index in [1.54, 1.807) is 7.11 Å². The molecule has 4 nitrogen and oxygen atoms in total. The Morgan fingerprint density at radius 2 is 2.29 bits per heavy atom.